The summed E-state index contributed by atoms with van der Waals surface area (Å²) in [6.07, 6.45) is -3.78. The highest BCUT2D eigenvalue weighted by molar-refractivity contribution is 7.99. The summed E-state index contributed by atoms with van der Waals surface area (Å²) in [5.41, 5.74) is 1.94. The number of carbonyl (C=O) groups is 1. The van der Waals surface area contributed by atoms with Crippen molar-refractivity contribution in [2.45, 2.75) is 26.6 Å². The Hall–Kier alpha value is -2.78. The summed E-state index contributed by atoms with van der Waals surface area (Å²) >= 11 is 1.93. The van der Waals surface area contributed by atoms with Gasteiger partial charge in [-0.25, -0.2) is 4.68 Å². The molecule has 0 bridgehead atoms. The summed E-state index contributed by atoms with van der Waals surface area (Å²) in [7, 11) is 0. The molecule has 3 aromatic rings. The zero-order valence-electron chi connectivity index (χ0n) is 18.4. The average Bonchev–Trinajstić information content (AvgIpc) is 3.24. The van der Waals surface area contributed by atoms with Crippen LogP contribution in [0.1, 0.15) is 32.7 Å². The number of nitrogens with one attached hydrogen (secondary N) is 1. The van der Waals surface area contributed by atoms with Crippen LogP contribution in [0.3, 0.4) is 0 Å². The van der Waals surface area contributed by atoms with Crippen LogP contribution in [0.5, 0.6) is 0 Å². The number of rotatable bonds is 5. The van der Waals surface area contributed by atoms with E-state index in [1.54, 1.807) is 30.3 Å². The van der Waals surface area contributed by atoms with Crippen molar-refractivity contribution in [2.75, 3.05) is 29.9 Å². The van der Waals surface area contributed by atoms with Crippen molar-refractivity contribution in [3.05, 3.63) is 76.6 Å². The third-order valence-electron chi connectivity index (χ3n) is 5.75. The predicted octanol–water partition coefficient (Wildman–Crippen LogP) is 5.31. The summed E-state index contributed by atoms with van der Waals surface area (Å²) in [5.74, 6) is 1.33. The maximum atomic E-state index is 14.0. The van der Waals surface area contributed by atoms with E-state index in [9.17, 15) is 18.0 Å². The van der Waals surface area contributed by atoms with E-state index >= 15 is 0 Å². The minimum absolute atomic E-state index is 0.241. The monoisotopic (exact) mass is 474 g/mol. The molecular weight excluding hydrogens is 449 g/mol. The van der Waals surface area contributed by atoms with Crippen LogP contribution in [0.4, 0.5) is 18.9 Å². The molecule has 4 rings (SSSR count). The SMILES string of the molecule is Cc1ccc(-n2ncc(C(=O)Nc3cccc(CN4CCSCC4)c3C)c2C(F)(F)F)cc1. The second-order valence-corrected chi connectivity index (χ2v) is 9.31. The van der Waals surface area contributed by atoms with Gasteiger partial charge in [0.15, 0.2) is 5.69 Å². The Labute approximate surface area is 195 Å². The van der Waals surface area contributed by atoms with Crippen LogP contribution in [0, 0.1) is 13.8 Å². The number of aromatic nitrogens is 2. The lowest BCUT2D eigenvalue weighted by Crippen LogP contribution is -2.32. The molecule has 174 valence electrons. The molecule has 0 unspecified atom stereocenters. The molecule has 1 amide bonds. The number of benzene rings is 2. The van der Waals surface area contributed by atoms with Crippen molar-refractivity contribution in [2.24, 2.45) is 0 Å². The predicted molar refractivity (Wildman–Crippen MR) is 125 cm³/mol. The van der Waals surface area contributed by atoms with Crippen molar-refractivity contribution >= 4 is 23.4 Å². The van der Waals surface area contributed by atoms with E-state index in [2.05, 4.69) is 15.3 Å². The molecule has 1 aliphatic rings. The molecule has 9 heteroatoms. The summed E-state index contributed by atoms with van der Waals surface area (Å²) in [6.45, 7) is 6.46. The number of hydrogen-bond acceptors (Lipinski definition) is 4. The lowest BCUT2D eigenvalue weighted by molar-refractivity contribution is -0.143. The van der Waals surface area contributed by atoms with Gasteiger partial charge in [0.25, 0.3) is 5.91 Å². The molecule has 0 spiro atoms. The second kappa shape index (κ2) is 9.61. The van der Waals surface area contributed by atoms with Gasteiger partial charge in [-0.2, -0.15) is 30.0 Å². The fourth-order valence-electron chi connectivity index (χ4n) is 3.85. The van der Waals surface area contributed by atoms with Crippen LogP contribution in [-0.4, -0.2) is 45.2 Å². The maximum absolute atomic E-state index is 14.0. The minimum atomic E-state index is -4.75. The molecule has 33 heavy (non-hydrogen) atoms. The van der Waals surface area contributed by atoms with E-state index in [1.165, 1.54) is 0 Å². The van der Waals surface area contributed by atoms with Gasteiger partial charge in [0.2, 0.25) is 0 Å². The van der Waals surface area contributed by atoms with Gasteiger partial charge < -0.3 is 5.32 Å². The van der Waals surface area contributed by atoms with Crippen LogP contribution in [0.25, 0.3) is 5.69 Å². The van der Waals surface area contributed by atoms with E-state index in [4.69, 9.17) is 0 Å². The molecule has 5 nitrogen and oxygen atoms in total. The number of aryl methyl sites for hydroxylation is 1. The van der Waals surface area contributed by atoms with Gasteiger partial charge in [-0.1, -0.05) is 29.8 Å². The van der Waals surface area contributed by atoms with Crippen molar-refractivity contribution in [3.63, 3.8) is 0 Å². The highest BCUT2D eigenvalue weighted by Gasteiger charge is 2.40. The second-order valence-electron chi connectivity index (χ2n) is 8.08. The van der Waals surface area contributed by atoms with Crippen LogP contribution >= 0.6 is 11.8 Å². The number of thioether (sulfide) groups is 1. The van der Waals surface area contributed by atoms with Crippen LogP contribution in [0.2, 0.25) is 0 Å². The topological polar surface area (TPSA) is 50.2 Å². The van der Waals surface area contributed by atoms with E-state index < -0.39 is 23.3 Å². The number of halogens is 3. The van der Waals surface area contributed by atoms with Crippen molar-refractivity contribution in [1.29, 1.82) is 0 Å². The molecule has 1 N–H and O–H groups in total. The number of nitrogens with zero attached hydrogens (tertiary/aromatic N) is 3. The molecule has 0 saturated carbocycles. The molecule has 2 aromatic carbocycles. The zero-order valence-corrected chi connectivity index (χ0v) is 19.3. The van der Waals surface area contributed by atoms with Gasteiger partial charge in [-0.15, -0.1) is 0 Å². The third kappa shape index (κ3) is 5.25. The molecule has 1 aliphatic heterocycles. The normalized spacial score (nSPS) is 14.9. The summed E-state index contributed by atoms with van der Waals surface area (Å²) < 4.78 is 42.7. The zero-order chi connectivity index (χ0) is 23.6. The van der Waals surface area contributed by atoms with Gasteiger partial charge in [0.1, 0.15) is 0 Å². The third-order valence-corrected chi connectivity index (χ3v) is 6.70. The first kappa shape index (κ1) is 23.4. The first-order chi connectivity index (χ1) is 15.7. The smallest absolute Gasteiger partial charge is 0.322 e. The van der Waals surface area contributed by atoms with Gasteiger partial charge in [-0.05, 0) is 43.2 Å². The Bertz CT molecular complexity index is 1140. The van der Waals surface area contributed by atoms with Gasteiger partial charge in [0, 0.05) is 36.8 Å². The Kier molecular flexibility index (Phi) is 6.81. The van der Waals surface area contributed by atoms with Crippen molar-refractivity contribution < 1.29 is 18.0 Å². The number of carbonyl (C=O) groups excluding carboxylic acids is 1. The van der Waals surface area contributed by atoms with E-state index in [0.29, 0.717) is 5.69 Å². The molecule has 2 heterocycles. The Morgan fingerprint density at radius 3 is 2.45 bits per heavy atom. The quantitative estimate of drug-likeness (QED) is 0.545. The van der Waals surface area contributed by atoms with E-state index in [-0.39, 0.29) is 5.69 Å². The number of hydrogen-bond donors (Lipinski definition) is 1. The standard InChI is InChI=1S/C24H25F3N4OS/c1-16-6-8-19(9-7-16)31-22(24(25,26)27)20(14-28-31)23(32)29-21-5-3-4-18(17(21)2)15-30-10-12-33-13-11-30/h3-9,14H,10-13,15H2,1-2H3,(H,29,32). The average molecular weight is 475 g/mol. The lowest BCUT2D eigenvalue weighted by Gasteiger charge is -2.27. The van der Waals surface area contributed by atoms with E-state index in [1.807, 2.05) is 37.7 Å². The van der Waals surface area contributed by atoms with E-state index in [0.717, 1.165) is 58.7 Å². The van der Waals surface area contributed by atoms with Crippen molar-refractivity contribution in [1.82, 2.24) is 14.7 Å². The summed E-state index contributed by atoms with van der Waals surface area (Å²) in [6, 6.07) is 12.0. The highest BCUT2D eigenvalue weighted by atomic mass is 32.2. The number of amides is 1. The first-order valence-corrected chi connectivity index (χ1v) is 11.8. The molecule has 1 saturated heterocycles. The molecule has 1 fully saturated rings. The molecular formula is C24H25F3N4OS. The fraction of sp³-hybridized carbons (Fsp3) is 0.333. The highest BCUT2D eigenvalue weighted by Crippen LogP contribution is 2.34. The van der Waals surface area contributed by atoms with Crippen LogP contribution in [-0.2, 0) is 12.7 Å². The van der Waals surface area contributed by atoms with Gasteiger partial charge in [-0.3, -0.25) is 9.69 Å². The Morgan fingerprint density at radius 1 is 1.09 bits per heavy atom. The minimum Gasteiger partial charge on any atom is -0.322 e. The van der Waals surface area contributed by atoms with Crippen molar-refractivity contribution in [3.8, 4) is 5.69 Å². The molecule has 1 aromatic heterocycles. The first-order valence-electron chi connectivity index (χ1n) is 10.7. The summed E-state index contributed by atoms with van der Waals surface area (Å²) in [4.78, 5) is 15.3. The Morgan fingerprint density at radius 2 is 1.79 bits per heavy atom. The maximum Gasteiger partial charge on any atom is 0.434 e. The fourth-order valence-corrected chi connectivity index (χ4v) is 4.83. The number of alkyl halides is 3. The number of anilines is 1. The largest absolute Gasteiger partial charge is 0.434 e. The van der Waals surface area contributed by atoms with Crippen LogP contribution < -0.4 is 5.32 Å². The van der Waals surface area contributed by atoms with Gasteiger partial charge in [0.05, 0.1) is 17.4 Å². The summed E-state index contributed by atoms with van der Waals surface area (Å²) in [5, 5.41) is 6.57. The molecule has 0 atom stereocenters. The Balaban J connectivity index is 1.61. The lowest BCUT2D eigenvalue weighted by atomic mass is 10.1. The molecule has 0 radical (unpaired) electrons. The molecule has 0 aliphatic carbocycles. The van der Waals surface area contributed by atoms with Gasteiger partial charge >= 0.3 is 6.18 Å². The van der Waals surface area contributed by atoms with Crippen LogP contribution in [0.15, 0.2) is 48.7 Å².